The maximum atomic E-state index is 10.8. The van der Waals surface area contributed by atoms with E-state index in [1.807, 2.05) is 18.2 Å². The Morgan fingerprint density at radius 1 is 0.568 bits per heavy atom. The number of benzene rings is 1. The van der Waals surface area contributed by atoms with Gasteiger partial charge in [0.25, 0.3) is 0 Å². The van der Waals surface area contributed by atoms with E-state index in [0.717, 1.165) is 0 Å². The van der Waals surface area contributed by atoms with Crippen molar-refractivity contribution in [3.63, 3.8) is 0 Å². The number of anilines is 1. The first-order valence-corrected chi connectivity index (χ1v) is 12.4. The van der Waals surface area contributed by atoms with E-state index in [2.05, 4.69) is 4.74 Å². The van der Waals surface area contributed by atoms with Crippen LogP contribution in [0.1, 0.15) is 0 Å². The minimum Gasteiger partial charge on any atom is -0.489 e. The molecule has 0 fully saturated rings. The lowest BCUT2D eigenvalue weighted by atomic mass is 10.3. The molecule has 37 heavy (non-hydrogen) atoms. The highest BCUT2D eigenvalue weighted by atomic mass is 16.6. The van der Waals surface area contributed by atoms with Crippen molar-refractivity contribution in [1.82, 2.24) is 0 Å². The summed E-state index contributed by atoms with van der Waals surface area (Å²) in [5, 5.41) is 0. The normalized spacial score (nSPS) is 11.1. The maximum Gasteiger partial charge on any atom is 0.331 e. The first-order valence-electron chi connectivity index (χ1n) is 12.4. The van der Waals surface area contributed by atoms with Gasteiger partial charge in [0.1, 0.15) is 19.0 Å². The van der Waals surface area contributed by atoms with Crippen LogP contribution in [0.25, 0.3) is 0 Å². The fraction of sp³-hybridized carbons (Fsp3) is 0.720. The second-order valence-corrected chi connectivity index (χ2v) is 7.30. The van der Waals surface area contributed by atoms with Crippen LogP contribution in [0.3, 0.4) is 0 Å². The van der Waals surface area contributed by atoms with Crippen molar-refractivity contribution in [3.8, 4) is 5.75 Å². The highest BCUT2D eigenvalue weighted by Gasteiger charge is 2.00. The second kappa shape index (κ2) is 25.6. The van der Waals surface area contributed by atoms with Gasteiger partial charge < -0.3 is 53.1 Å². The molecule has 0 unspecified atom stereocenters. The van der Waals surface area contributed by atoms with Crippen LogP contribution in [-0.4, -0.2) is 125 Å². The number of hydrogen-bond acceptors (Lipinski definition) is 12. The average molecular weight is 534 g/mol. The van der Waals surface area contributed by atoms with Crippen LogP contribution in [0, 0.1) is 0 Å². The number of rotatable bonds is 27. The molecule has 12 nitrogen and oxygen atoms in total. The Morgan fingerprint density at radius 3 is 1.30 bits per heavy atom. The molecule has 0 aliphatic rings. The van der Waals surface area contributed by atoms with Gasteiger partial charge in [-0.25, -0.2) is 4.79 Å². The van der Waals surface area contributed by atoms with Crippen LogP contribution in [0.4, 0.5) is 5.69 Å². The number of carbonyl (C=O) groups excluding carboxylic acids is 1. The summed E-state index contributed by atoms with van der Waals surface area (Å²) in [4.78, 5) is 10.8. The number of ether oxygens (including phenoxy) is 10. The van der Waals surface area contributed by atoms with Crippen LogP contribution >= 0.6 is 0 Å². The van der Waals surface area contributed by atoms with Gasteiger partial charge in [0, 0.05) is 0 Å². The molecule has 214 valence electrons. The standard InChI is InChI=1S/C25H43NO11/c1-28-25(27)22-36-19-18-34-15-14-32-11-10-30-7-6-29-8-9-31-12-13-33-16-17-35-20-21-37-24-5-3-2-4-23(24)26/h2-5H,6-22,26H2,1H3. The molecule has 0 aromatic heterocycles. The number of para-hydroxylation sites is 2. The van der Waals surface area contributed by atoms with E-state index in [0.29, 0.717) is 117 Å². The number of hydrogen-bond donors (Lipinski definition) is 1. The summed E-state index contributed by atoms with van der Waals surface area (Å²) >= 11 is 0. The molecule has 0 heterocycles. The van der Waals surface area contributed by atoms with Gasteiger partial charge in [-0.05, 0) is 12.1 Å². The fourth-order valence-electron chi connectivity index (χ4n) is 2.58. The van der Waals surface area contributed by atoms with E-state index in [1.165, 1.54) is 7.11 Å². The molecule has 1 aromatic rings. The molecule has 0 spiro atoms. The van der Waals surface area contributed by atoms with E-state index in [1.54, 1.807) is 6.07 Å². The van der Waals surface area contributed by atoms with Crippen LogP contribution < -0.4 is 10.5 Å². The Hall–Kier alpha value is -2.03. The predicted octanol–water partition coefficient (Wildman–Crippen LogP) is 0.953. The molecular weight excluding hydrogens is 490 g/mol. The summed E-state index contributed by atoms with van der Waals surface area (Å²) < 4.78 is 52.9. The molecule has 0 saturated carbocycles. The van der Waals surface area contributed by atoms with Gasteiger partial charge in [-0.2, -0.15) is 0 Å². The van der Waals surface area contributed by atoms with Gasteiger partial charge in [0.05, 0.1) is 112 Å². The molecule has 0 saturated heterocycles. The predicted molar refractivity (Wildman–Crippen MR) is 135 cm³/mol. The van der Waals surface area contributed by atoms with Gasteiger partial charge in [0.2, 0.25) is 0 Å². The summed E-state index contributed by atoms with van der Waals surface area (Å²) in [5.74, 6) is 0.258. The van der Waals surface area contributed by atoms with Gasteiger partial charge >= 0.3 is 5.97 Å². The molecule has 0 aliphatic heterocycles. The first kappa shape index (κ1) is 33.0. The van der Waals surface area contributed by atoms with Crippen molar-refractivity contribution >= 4 is 11.7 Å². The number of carbonyl (C=O) groups is 1. The quantitative estimate of drug-likeness (QED) is 0.0980. The van der Waals surface area contributed by atoms with E-state index in [9.17, 15) is 4.79 Å². The summed E-state index contributed by atoms with van der Waals surface area (Å²) in [6.07, 6.45) is 0. The number of methoxy groups -OCH3 is 1. The minimum atomic E-state index is -0.407. The van der Waals surface area contributed by atoms with Gasteiger partial charge in [0.15, 0.2) is 0 Å². The fourth-order valence-corrected chi connectivity index (χ4v) is 2.58. The number of nitrogens with two attached hydrogens (primary N) is 1. The van der Waals surface area contributed by atoms with E-state index >= 15 is 0 Å². The maximum absolute atomic E-state index is 10.8. The largest absolute Gasteiger partial charge is 0.489 e. The molecule has 1 rings (SSSR count). The molecule has 0 atom stereocenters. The van der Waals surface area contributed by atoms with Crippen LogP contribution in [0.5, 0.6) is 5.75 Å². The third kappa shape index (κ3) is 21.7. The Bertz CT molecular complexity index is 651. The van der Waals surface area contributed by atoms with Crippen molar-refractivity contribution in [2.24, 2.45) is 0 Å². The Morgan fingerprint density at radius 2 is 0.919 bits per heavy atom. The van der Waals surface area contributed by atoms with E-state index in [4.69, 9.17) is 48.4 Å². The third-order valence-electron chi connectivity index (χ3n) is 4.46. The topological polar surface area (TPSA) is 135 Å². The summed E-state index contributed by atoms with van der Waals surface area (Å²) in [7, 11) is 1.31. The van der Waals surface area contributed by atoms with Gasteiger partial charge in [-0.1, -0.05) is 12.1 Å². The zero-order valence-corrected chi connectivity index (χ0v) is 21.9. The molecule has 0 bridgehead atoms. The molecule has 0 aliphatic carbocycles. The number of nitrogen functional groups attached to an aromatic ring is 1. The Balaban J connectivity index is 1.67. The van der Waals surface area contributed by atoms with E-state index < -0.39 is 5.97 Å². The Kier molecular flexibility index (Phi) is 22.8. The molecule has 1 aromatic carbocycles. The summed E-state index contributed by atoms with van der Waals surface area (Å²) in [6.45, 7) is 7.39. The molecule has 2 N–H and O–H groups in total. The average Bonchev–Trinajstić information content (AvgIpc) is 2.91. The highest BCUT2D eigenvalue weighted by Crippen LogP contribution is 2.19. The van der Waals surface area contributed by atoms with Crippen molar-refractivity contribution in [3.05, 3.63) is 24.3 Å². The lowest BCUT2D eigenvalue weighted by Crippen LogP contribution is -2.16. The van der Waals surface area contributed by atoms with Crippen LogP contribution in [0.2, 0.25) is 0 Å². The highest BCUT2D eigenvalue weighted by molar-refractivity contribution is 5.70. The number of esters is 1. The second-order valence-electron chi connectivity index (χ2n) is 7.30. The smallest absolute Gasteiger partial charge is 0.331 e. The molecule has 12 heteroatoms. The monoisotopic (exact) mass is 533 g/mol. The SMILES string of the molecule is COC(=O)COCCOCCOCCOCCOCCOCCOCCOCCOc1ccccc1N. The van der Waals surface area contributed by atoms with Gasteiger partial charge in [-0.15, -0.1) is 0 Å². The lowest BCUT2D eigenvalue weighted by Gasteiger charge is -2.09. The van der Waals surface area contributed by atoms with Crippen molar-refractivity contribution in [2.45, 2.75) is 0 Å². The van der Waals surface area contributed by atoms with E-state index in [-0.39, 0.29) is 6.61 Å². The lowest BCUT2D eigenvalue weighted by molar-refractivity contribution is -0.146. The van der Waals surface area contributed by atoms with Crippen molar-refractivity contribution in [2.75, 3.05) is 125 Å². The third-order valence-corrected chi connectivity index (χ3v) is 4.46. The first-order chi connectivity index (χ1) is 18.2. The van der Waals surface area contributed by atoms with Crippen molar-refractivity contribution < 1.29 is 52.2 Å². The van der Waals surface area contributed by atoms with Crippen LogP contribution in [-0.2, 0) is 47.4 Å². The van der Waals surface area contributed by atoms with Crippen molar-refractivity contribution in [1.29, 1.82) is 0 Å². The van der Waals surface area contributed by atoms with Gasteiger partial charge in [-0.3, -0.25) is 0 Å². The minimum absolute atomic E-state index is 0.0687. The molecule has 0 radical (unpaired) electrons. The summed E-state index contributed by atoms with van der Waals surface area (Å²) in [5.41, 5.74) is 6.42. The molecular formula is C25H43NO11. The Labute approximate surface area is 219 Å². The summed E-state index contributed by atoms with van der Waals surface area (Å²) in [6, 6.07) is 7.36. The zero-order chi connectivity index (χ0) is 26.7. The van der Waals surface area contributed by atoms with Crippen LogP contribution in [0.15, 0.2) is 24.3 Å². The molecule has 0 amide bonds. The zero-order valence-electron chi connectivity index (χ0n) is 21.9.